The van der Waals surface area contributed by atoms with Gasteiger partial charge in [0.15, 0.2) is 6.10 Å². The monoisotopic (exact) mass is 907 g/mol. The van der Waals surface area contributed by atoms with Crippen molar-refractivity contribution in [1.82, 2.24) is 0 Å². The molecule has 1 atom stereocenters. The fourth-order valence-electron chi connectivity index (χ4n) is 7.68. The molecule has 0 aliphatic rings. The molecule has 6 nitrogen and oxygen atoms in total. The third-order valence-electron chi connectivity index (χ3n) is 11.8. The van der Waals surface area contributed by atoms with Crippen LogP contribution in [0, 0.1) is 0 Å². The Morgan fingerprint density at radius 2 is 0.600 bits per heavy atom. The third kappa shape index (κ3) is 51.7. The molecule has 0 fully saturated rings. The van der Waals surface area contributed by atoms with Gasteiger partial charge in [0.25, 0.3) is 0 Å². The maximum Gasteiger partial charge on any atom is 0.306 e. The van der Waals surface area contributed by atoms with Gasteiger partial charge in [-0.05, 0) is 64.2 Å². The molecule has 0 amide bonds. The van der Waals surface area contributed by atoms with Crippen molar-refractivity contribution in [3.05, 3.63) is 72.9 Å². The summed E-state index contributed by atoms with van der Waals surface area (Å²) in [5.41, 5.74) is 0. The molecule has 0 aliphatic carbocycles. The molecule has 0 saturated heterocycles. The first-order valence-corrected chi connectivity index (χ1v) is 27.5. The van der Waals surface area contributed by atoms with Crippen LogP contribution in [-0.2, 0) is 28.6 Å². The van der Waals surface area contributed by atoms with E-state index in [4.69, 9.17) is 14.2 Å². The second kappa shape index (κ2) is 53.5. The quantitative estimate of drug-likeness (QED) is 0.0262. The third-order valence-corrected chi connectivity index (χ3v) is 11.8. The van der Waals surface area contributed by atoms with E-state index < -0.39 is 6.10 Å². The smallest absolute Gasteiger partial charge is 0.306 e. The molecule has 1 unspecified atom stereocenters. The average molecular weight is 907 g/mol. The fourth-order valence-corrected chi connectivity index (χ4v) is 7.68. The highest BCUT2D eigenvalue weighted by Gasteiger charge is 2.19. The summed E-state index contributed by atoms with van der Waals surface area (Å²) in [6, 6.07) is 0. The molecule has 0 aromatic carbocycles. The van der Waals surface area contributed by atoms with Crippen LogP contribution in [0.1, 0.15) is 265 Å². The van der Waals surface area contributed by atoms with Gasteiger partial charge in [0.1, 0.15) is 13.2 Å². The summed E-state index contributed by atoms with van der Waals surface area (Å²) in [5, 5.41) is 0. The van der Waals surface area contributed by atoms with E-state index in [1.807, 2.05) is 30.4 Å². The Bertz CT molecular complexity index is 1230. The molecule has 0 N–H and O–H groups in total. The Morgan fingerprint density at radius 3 is 0.969 bits per heavy atom. The second-order valence-corrected chi connectivity index (χ2v) is 18.2. The van der Waals surface area contributed by atoms with Crippen LogP contribution < -0.4 is 0 Å². The highest BCUT2D eigenvalue weighted by atomic mass is 16.6. The molecule has 0 spiro atoms. The minimum absolute atomic E-state index is 0.0946. The zero-order valence-corrected chi connectivity index (χ0v) is 42.7. The van der Waals surface area contributed by atoms with E-state index in [1.165, 1.54) is 135 Å². The van der Waals surface area contributed by atoms with E-state index in [0.29, 0.717) is 19.3 Å². The standard InChI is InChI=1S/C59H102O6/c1-4-7-10-13-16-19-22-25-27-29-30-32-34-37-40-43-46-49-52-58(61)64-55-56(54-63-57(60)51-48-45-42-39-36-33-24-21-18-15-12-9-6-3)65-59(62)53-50-47-44-41-38-35-31-28-26-23-20-17-14-11-8-5-2/h9,12,15,18,21,24,27,29-30,32-33,36,56H,4-8,10-11,13-14,16-17,19-20,22-23,25-26,28,31,34-35,37-55H2,1-3H3/b12-9+,18-15+,24-21+,29-27+,32-30+,36-33+. The number of carbonyl (C=O) groups excluding carboxylic acids is 3. The number of rotatable bonds is 49. The summed E-state index contributed by atoms with van der Waals surface area (Å²) >= 11 is 0. The van der Waals surface area contributed by atoms with Gasteiger partial charge in [0.2, 0.25) is 0 Å². The van der Waals surface area contributed by atoms with E-state index in [-0.39, 0.29) is 31.1 Å². The number of esters is 3. The number of carbonyl (C=O) groups is 3. The normalized spacial score (nSPS) is 12.6. The van der Waals surface area contributed by atoms with Crippen LogP contribution in [-0.4, -0.2) is 37.2 Å². The maximum atomic E-state index is 12.8. The number of unbranched alkanes of at least 4 members (excludes halogenated alkanes) is 30. The molecular formula is C59H102O6. The van der Waals surface area contributed by atoms with Gasteiger partial charge in [-0.3, -0.25) is 14.4 Å². The molecular weight excluding hydrogens is 805 g/mol. The van der Waals surface area contributed by atoms with Gasteiger partial charge in [-0.2, -0.15) is 0 Å². The van der Waals surface area contributed by atoms with Gasteiger partial charge in [-0.1, -0.05) is 254 Å². The average Bonchev–Trinajstić information content (AvgIpc) is 3.30. The molecule has 0 aromatic rings. The molecule has 65 heavy (non-hydrogen) atoms. The number of hydrogen-bond acceptors (Lipinski definition) is 6. The van der Waals surface area contributed by atoms with Crippen molar-refractivity contribution in [3.8, 4) is 0 Å². The Hall–Kier alpha value is -3.15. The first-order valence-electron chi connectivity index (χ1n) is 27.5. The van der Waals surface area contributed by atoms with E-state index >= 15 is 0 Å². The van der Waals surface area contributed by atoms with Crippen LogP contribution in [0.25, 0.3) is 0 Å². The highest BCUT2D eigenvalue weighted by Crippen LogP contribution is 2.16. The van der Waals surface area contributed by atoms with E-state index in [9.17, 15) is 14.4 Å². The van der Waals surface area contributed by atoms with E-state index in [2.05, 4.69) is 63.3 Å². The lowest BCUT2D eigenvalue weighted by Gasteiger charge is -2.18. The van der Waals surface area contributed by atoms with Crippen LogP contribution in [0.4, 0.5) is 0 Å². The Kier molecular flexibility index (Phi) is 50.9. The molecule has 0 aromatic heterocycles. The largest absolute Gasteiger partial charge is 0.462 e. The fraction of sp³-hybridized carbons (Fsp3) is 0.746. The summed E-state index contributed by atoms with van der Waals surface area (Å²) in [7, 11) is 0. The summed E-state index contributed by atoms with van der Waals surface area (Å²) in [4.78, 5) is 38.0. The van der Waals surface area contributed by atoms with Gasteiger partial charge in [0, 0.05) is 19.3 Å². The van der Waals surface area contributed by atoms with Gasteiger partial charge in [-0.15, -0.1) is 0 Å². The molecule has 0 aliphatic heterocycles. The Balaban J connectivity index is 4.43. The number of allylic oxidation sites excluding steroid dienone is 12. The zero-order valence-electron chi connectivity index (χ0n) is 42.7. The lowest BCUT2D eigenvalue weighted by atomic mass is 10.0. The minimum Gasteiger partial charge on any atom is -0.462 e. The van der Waals surface area contributed by atoms with Crippen molar-refractivity contribution in [1.29, 1.82) is 0 Å². The predicted octanol–water partition coefficient (Wildman–Crippen LogP) is 18.2. The van der Waals surface area contributed by atoms with Crippen LogP contribution in [0.2, 0.25) is 0 Å². The summed E-state index contributed by atoms with van der Waals surface area (Å²) in [6.07, 6.45) is 67.5. The van der Waals surface area contributed by atoms with Gasteiger partial charge in [0.05, 0.1) is 0 Å². The summed E-state index contributed by atoms with van der Waals surface area (Å²) in [6.45, 7) is 6.46. The maximum absolute atomic E-state index is 12.8. The van der Waals surface area contributed by atoms with Crippen LogP contribution in [0.5, 0.6) is 0 Å². The van der Waals surface area contributed by atoms with E-state index in [1.54, 1.807) is 0 Å². The lowest BCUT2D eigenvalue weighted by Crippen LogP contribution is -2.30. The molecule has 0 bridgehead atoms. The Morgan fingerprint density at radius 1 is 0.323 bits per heavy atom. The van der Waals surface area contributed by atoms with Crippen LogP contribution >= 0.6 is 0 Å². The minimum atomic E-state index is -0.796. The summed E-state index contributed by atoms with van der Waals surface area (Å²) < 4.78 is 16.8. The van der Waals surface area contributed by atoms with Crippen LogP contribution in [0.15, 0.2) is 72.9 Å². The van der Waals surface area contributed by atoms with Crippen LogP contribution in [0.3, 0.4) is 0 Å². The number of ether oxygens (including phenoxy) is 3. The molecule has 0 rings (SSSR count). The molecule has 374 valence electrons. The first-order chi connectivity index (χ1) is 32.0. The Labute approximate surface area is 402 Å². The van der Waals surface area contributed by atoms with Crippen molar-refractivity contribution in [2.24, 2.45) is 0 Å². The van der Waals surface area contributed by atoms with E-state index in [0.717, 1.165) is 89.9 Å². The molecule has 6 heteroatoms. The molecule has 0 radical (unpaired) electrons. The number of hydrogen-bond donors (Lipinski definition) is 0. The highest BCUT2D eigenvalue weighted by molar-refractivity contribution is 5.71. The topological polar surface area (TPSA) is 78.9 Å². The second-order valence-electron chi connectivity index (χ2n) is 18.2. The molecule has 0 saturated carbocycles. The molecule has 0 heterocycles. The van der Waals surface area contributed by atoms with Gasteiger partial charge in [-0.25, -0.2) is 0 Å². The van der Waals surface area contributed by atoms with Gasteiger partial charge >= 0.3 is 17.9 Å². The SMILES string of the molecule is CC/C=C/C=C/C=C/C=C/CCCCCC(=O)OCC(COC(=O)CCCCCCC/C=C/C=C/CCCCCCCCC)OC(=O)CCCCCCCCCCCCCCCCCC. The van der Waals surface area contributed by atoms with Crippen molar-refractivity contribution >= 4 is 17.9 Å². The first kappa shape index (κ1) is 61.9. The predicted molar refractivity (Wildman–Crippen MR) is 279 cm³/mol. The lowest BCUT2D eigenvalue weighted by molar-refractivity contribution is -0.167. The van der Waals surface area contributed by atoms with Crippen molar-refractivity contribution in [2.75, 3.05) is 13.2 Å². The van der Waals surface area contributed by atoms with Crippen molar-refractivity contribution in [2.45, 2.75) is 271 Å². The summed E-state index contributed by atoms with van der Waals surface area (Å²) in [5.74, 6) is -0.941. The van der Waals surface area contributed by atoms with Crippen molar-refractivity contribution < 1.29 is 28.6 Å². The van der Waals surface area contributed by atoms with Gasteiger partial charge < -0.3 is 14.2 Å². The zero-order chi connectivity index (χ0) is 47.2. The van der Waals surface area contributed by atoms with Crippen molar-refractivity contribution in [3.63, 3.8) is 0 Å².